The first-order chi connectivity index (χ1) is 8.76. The van der Waals surface area contributed by atoms with Crippen LogP contribution in [0.1, 0.15) is 48.6 Å². The Morgan fingerprint density at radius 1 is 1.21 bits per heavy atom. The maximum absolute atomic E-state index is 6.52. The Morgan fingerprint density at radius 2 is 1.79 bits per heavy atom. The predicted molar refractivity (Wildman–Crippen MR) is 81.6 cm³/mol. The predicted octanol–water partition coefficient (Wildman–Crippen LogP) is 3.00. The molecule has 0 aliphatic carbocycles. The van der Waals surface area contributed by atoms with Gasteiger partial charge in [-0.15, -0.1) is 0 Å². The molecule has 0 bridgehead atoms. The maximum atomic E-state index is 6.52. The van der Waals surface area contributed by atoms with Crippen LogP contribution in [0.15, 0.2) is 6.07 Å². The minimum Gasteiger partial charge on any atom is -0.496 e. The van der Waals surface area contributed by atoms with Crippen molar-refractivity contribution >= 4 is 0 Å². The molecular weight excluding hydrogens is 236 g/mol. The van der Waals surface area contributed by atoms with Crippen LogP contribution in [0.25, 0.3) is 0 Å². The van der Waals surface area contributed by atoms with Crippen LogP contribution in [0.5, 0.6) is 5.75 Å². The van der Waals surface area contributed by atoms with Gasteiger partial charge in [-0.25, -0.2) is 0 Å². The van der Waals surface area contributed by atoms with Crippen molar-refractivity contribution in [1.82, 2.24) is 0 Å². The number of nitrogens with two attached hydrogens (primary N) is 2. The van der Waals surface area contributed by atoms with Gasteiger partial charge in [0.05, 0.1) is 7.11 Å². The molecule has 0 heterocycles. The highest BCUT2D eigenvalue weighted by Gasteiger charge is 2.30. The van der Waals surface area contributed by atoms with Crippen LogP contribution in [-0.2, 0) is 0 Å². The van der Waals surface area contributed by atoms with E-state index in [0.717, 1.165) is 12.2 Å². The lowest BCUT2D eigenvalue weighted by Crippen LogP contribution is -2.32. The lowest BCUT2D eigenvalue weighted by molar-refractivity contribution is 0.269. The van der Waals surface area contributed by atoms with E-state index < -0.39 is 0 Å². The Bertz CT molecular complexity index is 453. The van der Waals surface area contributed by atoms with E-state index in [2.05, 4.69) is 40.7 Å². The fraction of sp³-hybridized carbons (Fsp3) is 0.625. The van der Waals surface area contributed by atoms with Crippen molar-refractivity contribution in [2.45, 2.75) is 47.1 Å². The van der Waals surface area contributed by atoms with E-state index in [1.807, 2.05) is 0 Å². The van der Waals surface area contributed by atoms with Crippen LogP contribution in [0, 0.1) is 26.2 Å². The van der Waals surface area contributed by atoms with Gasteiger partial charge < -0.3 is 16.2 Å². The highest BCUT2D eigenvalue weighted by Crippen LogP contribution is 2.39. The largest absolute Gasteiger partial charge is 0.496 e. The van der Waals surface area contributed by atoms with Crippen LogP contribution < -0.4 is 16.2 Å². The minimum atomic E-state index is -0.0133. The number of hydrogen-bond donors (Lipinski definition) is 2. The molecule has 1 rings (SSSR count). The molecule has 1 atom stereocenters. The molecule has 0 fully saturated rings. The standard InChI is InChI=1S/C16H28N2O/c1-10-9-13(19-6)11(2)12(3)14(10)15(18)16(4,5)7-8-17/h9,15H,7-8,17-18H2,1-6H3. The van der Waals surface area contributed by atoms with Crippen LogP contribution in [0.4, 0.5) is 0 Å². The van der Waals surface area contributed by atoms with E-state index >= 15 is 0 Å². The Labute approximate surface area is 117 Å². The highest BCUT2D eigenvalue weighted by atomic mass is 16.5. The third-order valence-corrected chi connectivity index (χ3v) is 4.27. The van der Waals surface area contributed by atoms with Gasteiger partial charge in [0.25, 0.3) is 0 Å². The SMILES string of the molecule is COc1cc(C)c(C(N)C(C)(C)CCN)c(C)c1C. The zero-order chi connectivity index (χ0) is 14.8. The molecule has 0 radical (unpaired) electrons. The first-order valence-corrected chi connectivity index (χ1v) is 6.86. The van der Waals surface area contributed by atoms with Crippen molar-refractivity contribution in [3.63, 3.8) is 0 Å². The lowest BCUT2D eigenvalue weighted by Gasteiger charge is -2.34. The molecule has 1 aromatic rings. The smallest absolute Gasteiger partial charge is 0.122 e. The van der Waals surface area contributed by atoms with Crippen molar-refractivity contribution < 1.29 is 4.74 Å². The van der Waals surface area contributed by atoms with Crippen LogP contribution in [0.2, 0.25) is 0 Å². The molecule has 0 spiro atoms. The van der Waals surface area contributed by atoms with Gasteiger partial charge in [0, 0.05) is 6.04 Å². The molecule has 3 nitrogen and oxygen atoms in total. The van der Waals surface area contributed by atoms with Gasteiger partial charge in [0.1, 0.15) is 5.75 Å². The summed E-state index contributed by atoms with van der Waals surface area (Å²) in [6, 6.07) is 2.07. The quantitative estimate of drug-likeness (QED) is 0.859. The third kappa shape index (κ3) is 3.10. The summed E-state index contributed by atoms with van der Waals surface area (Å²) in [5, 5.41) is 0. The molecule has 19 heavy (non-hydrogen) atoms. The van der Waals surface area contributed by atoms with Gasteiger partial charge in [-0.2, -0.15) is 0 Å². The minimum absolute atomic E-state index is 0.00863. The topological polar surface area (TPSA) is 61.3 Å². The molecule has 108 valence electrons. The molecular formula is C16H28N2O. The normalized spacial score (nSPS) is 13.5. The van der Waals surface area contributed by atoms with Gasteiger partial charge in [-0.1, -0.05) is 13.8 Å². The Kier molecular flexibility index (Phi) is 4.99. The summed E-state index contributed by atoms with van der Waals surface area (Å²) in [7, 11) is 1.71. The number of rotatable bonds is 5. The highest BCUT2D eigenvalue weighted by molar-refractivity contribution is 5.49. The van der Waals surface area contributed by atoms with E-state index in [-0.39, 0.29) is 11.5 Å². The summed E-state index contributed by atoms with van der Waals surface area (Å²) in [6.07, 6.45) is 0.915. The monoisotopic (exact) mass is 264 g/mol. The number of hydrogen-bond acceptors (Lipinski definition) is 3. The number of benzene rings is 1. The van der Waals surface area contributed by atoms with Crippen LogP contribution >= 0.6 is 0 Å². The Balaban J connectivity index is 3.32. The molecule has 0 aromatic heterocycles. The second kappa shape index (κ2) is 5.93. The summed E-state index contributed by atoms with van der Waals surface area (Å²) in [6.45, 7) is 11.3. The van der Waals surface area contributed by atoms with E-state index in [1.165, 1.54) is 22.3 Å². The zero-order valence-corrected chi connectivity index (χ0v) is 13.1. The molecule has 0 saturated carbocycles. The number of methoxy groups -OCH3 is 1. The summed E-state index contributed by atoms with van der Waals surface area (Å²) in [5.41, 5.74) is 17.0. The van der Waals surface area contributed by atoms with E-state index in [9.17, 15) is 0 Å². The lowest BCUT2D eigenvalue weighted by atomic mass is 9.75. The van der Waals surface area contributed by atoms with Crippen molar-refractivity contribution in [2.24, 2.45) is 16.9 Å². The number of aryl methyl sites for hydroxylation is 1. The van der Waals surface area contributed by atoms with Crippen molar-refractivity contribution in [3.05, 3.63) is 28.3 Å². The zero-order valence-electron chi connectivity index (χ0n) is 13.1. The van der Waals surface area contributed by atoms with Crippen molar-refractivity contribution in [1.29, 1.82) is 0 Å². The van der Waals surface area contributed by atoms with Gasteiger partial charge in [0.2, 0.25) is 0 Å². The van der Waals surface area contributed by atoms with Crippen molar-refractivity contribution in [3.8, 4) is 5.75 Å². The molecule has 0 amide bonds. The average Bonchev–Trinajstić information content (AvgIpc) is 2.33. The van der Waals surface area contributed by atoms with Gasteiger partial charge in [-0.05, 0) is 67.5 Å². The Hall–Kier alpha value is -1.06. The van der Waals surface area contributed by atoms with E-state index in [1.54, 1.807) is 7.11 Å². The van der Waals surface area contributed by atoms with E-state index in [0.29, 0.717) is 6.54 Å². The fourth-order valence-electron chi connectivity index (χ4n) is 2.67. The number of ether oxygens (including phenoxy) is 1. The second-order valence-electron chi connectivity index (χ2n) is 6.06. The maximum Gasteiger partial charge on any atom is 0.122 e. The molecule has 1 unspecified atom stereocenters. The molecule has 0 aliphatic rings. The van der Waals surface area contributed by atoms with Gasteiger partial charge in [-0.3, -0.25) is 0 Å². The van der Waals surface area contributed by atoms with Crippen LogP contribution in [0.3, 0.4) is 0 Å². The van der Waals surface area contributed by atoms with Crippen molar-refractivity contribution in [2.75, 3.05) is 13.7 Å². The summed E-state index contributed by atoms with van der Waals surface area (Å²) < 4.78 is 5.41. The summed E-state index contributed by atoms with van der Waals surface area (Å²) >= 11 is 0. The molecule has 3 heteroatoms. The average molecular weight is 264 g/mol. The Morgan fingerprint density at radius 3 is 2.26 bits per heavy atom. The summed E-state index contributed by atoms with van der Waals surface area (Å²) in [4.78, 5) is 0. The van der Waals surface area contributed by atoms with Gasteiger partial charge in [0.15, 0.2) is 0 Å². The van der Waals surface area contributed by atoms with Crippen LogP contribution in [-0.4, -0.2) is 13.7 Å². The molecule has 4 N–H and O–H groups in total. The first-order valence-electron chi connectivity index (χ1n) is 6.86. The molecule has 1 aromatic carbocycles. The summed E-state index contributed by atoms with van der Waals surface area (Å²) in [5.74, 6) is 0.933. The first kappa shape index (κ1) is 16.0. The second-order valence-corrected chi connectivity index (χ2v) is 6.06. The van der Waals surface area contributed by atoms with Gasteiger partial charge >= 0.3 is 0 Å². The fourth-order valence-corrected chi connectivity index (χ4v) is 2.67. The molecule has 0 saturated heterocycles. The molecule has 0 aliphatic heterocycles. The third-order valence-electron chi connectivity index (χ3n) is 4.27. The van der Waals surface area contributed by atoms with E-state index in [4.69, 9.17) is 16.2 Å².